The van der Waals surface area contributed by atoms with E-state index < -0.39 is 24.5 Å². The third-order valence-electron chi connectivity index (χ3n) is 5.81. The number of hydrogen-bond donors (Lipinski definition) is 0. The molecule has 2 aliphatic rings. The molecule has 3 rings (SSSR count). The number of likely N-dealkylation sites (tertiary alicyclic amines) is 1. The lowest BCUT2D eigenvalue weighted by Crippen LogP contribution is -2.49. The first kappa shape index (κ1) is 25.8. The molecule has 1 atom stereocenters. The first-order chi connectivity index (χ1) is 15.9. The van der Waals surface area contributed by atoms with Gasteiger partial charge in [0.15, 0.2) is 11.5 Å². The first-order valence-corrected chi connectivity index (χ1v) is 10.8. The highest BCUT2D eigenvalue weighted by molar-refractivity contribution is 5.68. The molecule has 1 fully saturated rings. The molecule has 1 aromatic rings. The number of allylic oxidation sites excluding steroid dienone is 3. The maximum atomic E-state index is 12.7. The number of halogens is 6. The number of hydrogen-bond acceptors (Lipinski definition) is 4. The first-order valence-electron chi connectivity index (χ1n) is 10.8. The Morgan fingerprint density at radius 2 is 1.76 bits per heavy atom. The molecule has 11 heteroatoms. The van der Waals surface area contributed by atoms with Gasteiger partial charge in [0.1, 0.15) is 0 Å². The van der Waals surface area contributed by atoms with Crippen molar-refractivity contribution in [3.05, 3.63) is 48.1 Å². The van der Waals surface area contributed by atoms with Crippen molar-refractivity contribution in [3.8, 4) is 11.5 Å². The fraction of sp³-hybridized carbons (Fsp3) is 0.522. The smallest absolute Gasteiger partial charge is 0.434 e. The van der Waals surface area contributed by atoms with E-state index in [2.05, 4.69) is 11.3 Å². The van der Waals surface area contributed by atoms with Crippen LogP contribution in [0.25, 0.3) is 0 Å². The Kier molecular flexibility index (Phi) is 7.72. The number of benzene rings is 1. The molecular formula is C23H25F6NO4. The minimum Gasteiger partial charge on any atom is -0.454 e. The molecule has 0 saturated carbocycles. The van der Waals surface area contributed by atoms with Crippen molar-refractivity contribution in [1.82, 2.24) is 4.90 Å². The fourth-order valence-electron chi connectivity index (χ4n) is 4.18. The van der Waals surface area contributed by atoms with E-state index in [1.807, 2.05) is 31.2 Å². The molecule has 2 aliphatic heterocycles. The lowest BCUT2D eigenvalue weighted by Gasteiger charge is -2.37. The van der Waals surface area contributed by atoms with Crippen molar-refractivity contribution in [2.24, 2.45) is 5.92 Å². The van der Waals surface area contributed by atoms with Crippen LogP contribution in [-0.2, 0) is 4.74 Å². The van der Waals surface area contributed by atoms with Gasteiger partial charge in [-0.25, -0.2) is 4.79 Å². The minimum absolute atomic E-state index is 0.0439. The summed E-state index contributed by atoms with van der Waals surface area (Å²) in [4.78, 5) is 13.0. The van der Waals surface area contributed by atoms with Crippen LogP contribution in [0.15, 0.2) is 42.5 Å². The normalized spacial score (nSPS) is 17.9. The zero-order valence-electron chi connectivity index (χ0n) is 18.4. The van der Waals surface area contributed by atoms with Gasteiger partial charge in [-0.05, 0) is 48.4 Å². The molecule has 2 heterocycles. The van der Waals surface area contributed by atoms with E-state index in [1.165, 1.54) is 0 Å². The number of nitrogens with zero attached hydrogens (tertiary/aromatic N) is 1. The molecule has 1 unspecified atom stereocenters. The molecule has 0 N–H and O–H groups in total. The number of rotatable bonds is 6. The summed E-state index contributed by atoms with van der Waals surface area (Å²) in [7, 11) is 0. The Labute approximate surface area is 192 Å². The van der Waals surface area contributed by atoms with E-state index in [0.29, 0.717) is 24.3 Å². The van der Waals surface area contributed by atoms with Gasteiger partial charge in [0, 0.05) is 19.0 Å². The SMILES string of the molecule is C=C(C=CCC)C(c1ccc2c(c1)OCO2)C1CCN(C(=O)OC(C(F)(F)F)C(F)(F)F)CC1. The van der Waals surface area contributed by atoms with Crippen LogP contribution in [-0.4, -0.2) is 49.3 Å². The topological polar surface area (TPSA) is 48.0 Å². The molecule has 1 aromatic carbocycles. The maximum Gasteiger partial charge on any atom is 0.434 e. The van der Waals surface area contributed by atoms with Crippen LogP contribution in [0.2, 0.25) is 0 Å². The largest absolute Gasteiger partial charge is 0.454 e. The number of alkyl halides is 6. The Hall–Kier alpha value is -2.85. The molecule has 1 amide bonds. The summed E-state index contributed by atoms with van der Waals surface area (Å²) in [5.41, 5.74) is 1.70. The van der Waals surface area contributed by atoms with Gasteiger partial charge >= 0.3 is 18.4 Å². The van der Waals surface area contributed by atoms with Crippen molar-refractivity contribution >= 4 is 6.09 Å². The summed E-state index contributed by atoms with van der Waals surface area (Å²) >= 11 is 0. The quantitative estimate of drug-likeness (QED) is 0.342. The summed E-state index contributed by atoms with van der Waals surface area (Å²) in [5.74, 6) is 0.952. The Balaban J connectivity index is 1.72. The highest BCUT2D eigenvalue weighted by atomic mass is 19.4. The van der Waals surface area contributed by atoms with E-state index in [4.69, 9.17) is 9.47 Å². The molecule has 188 valence electrons. The Bertz CT molecular complexity index is 905. The van der Waals surface area contributed by atoms with E-state index in [-0.39, 0.29) is 31.7 Å². The Morgan fingerprint density at radius 1 is 1.15 bits per heavy atom. The lowest BCUT2D eigenvalue weighted by atomic mass is 9.76. The van der Waals surface area contributed by atoms with Gasteiger partial charge in [-0.1, -0.05) is 31.7 Å². The van der Waals surface area contributed by atoms with Crippen molar-refractivity contribution in [1.29, 1.82) is 0 Å². The number of ether oxygens (including phenoxy) is 3. The van der Waals surface area contributed by atoms with Gasteiger partial charge in [-0.3, -0.25) is 0 Å². The summed E-state index contributed by atoms with van der Waals surface area (Å²) < 4.78 is 91.0. The van der Waals surface area contributed by atoms with Gasteiger partial charge in [0.2, 0.25) is 6.79 Å². The molecular weight excluding hydrogens is 468 g/mol. The molecule has 34 heavy (non-hydrogen) atoms. The van der Waals surface area contributed by atoms with Crippen molar-refractivity contribution < 1.29 is 45.3 Å². The van der Waals surface area contributed by atoms with Crippen molar-refractivity contribution in [2.45, 2.75) is 50.6 Å². The van der Waals surface area contributed by atoms with E-state index in [1.54, 1.807) is 6.07 Å². The number of carbonyl (C=O) groups excluding carboxylic acids is 1. The standard InChI is InChI=1S/C23H25F6NO4/c1-3-4-5-14(2)19(16-6-7-17-18(12-16)33-13-32-17)15-8-10-30(11-9-15)21(31)34-20(22(24,25)26)23(27,28)29/h4-7,12,15,19-20H,2-3,8-11,13H2,1H3. The van der Waals surface area contributed by atoms with Gasteiger partial charge < -0.3 is 19.1 Å². The fourth-order valence-corrected chi connectivity index (χ4v) is 4.18. The number of amides is 1. The predicted octanol–water partition coefficient (Wildman–Crippen LogP) is 6.36. The zero-order chi connectivity index (χ0) is 25.1. The monoisotopic (exact) mass is 493 g/mol. The molecule has 0 spiro atoms. The zero-order valence-corrected chi connectivity index (χ0v) is 18.4. The average molecular weight is 493 g/mol. The van der Waals surface area contributed by atoms with Crippen LogP contribution in [0.5, 0.6) is 11.5 Å². The average Bonchev–Trinajstić information content (AvgIpc) is 3.23. The van der Waals surface area contributed by atoms with Crippen LogP contribution in [0.3, 0.4) is 0 Å². The van der Waals surface area contributed by atoms with Crippen LogP contribution >= 0.6 is 0 Å². The predicted molar refractivity (Wildman–Crippen MR) is 111 cm³/mol. The van der Waals surface area contributed by atoms with E-state index in [9.17, 15) is 31.1 Å². The second-order valence-electron chi connectivity index (χ2n) is 8.15. The third-order valence-corrected chi connectivity index (χ3v) is 5.81. The number of fused-ring (bicyclic) bond motifs is 1. The molecule has 0 aromatic heterocycles. The van der Waals surface area contributed by atoms with Crippen molar-refractivity contribution in [2.75, 3.05) is 19.9 Å². The number of piperidine rings is 1. The molecule has 1 saturated heterocycles. The summed E-state index contributed by atoms with van der Waals surface area (Å²) in [6.45, 7) is 6.16. The van der Waals surface area contributed by atoms with Gasteiger partial charge in [0.25, 0.3) is 6.10 Å². The van der Waals surface area contributed by atoms with Crippen LogP contribution in [0.1, 0.15) is 37.7 Å². The summed E-state index contributed by atoms with van der Waals surface area (Å²) in [5, 5.41) is 0. The minimum atomic E-state index is -5.75. The second-order valence-corrected chi connectivity index (χ2v) is 8.15. The van der Waals surface area contributed by atoms with Gasteiger partial charge in [0.05, 0.1) is 0 Å². The van der Waals surface area contributed by atoms with E-state index >= 15 is 0 Å². The lowest BCUT2D eigenvalue weighted by molar-refractivity contribution is -0.308. The van der Waals surface area contributed by atoms with E-state index in [0.717, 1.165) is 22.5 Å². The van der Waals surface area contributed by atoms with Crippen LogP contribution < -0.4 is 9.47 Å². The number of carbonyl (C=O) groups is 1. The molecule has 0 aliphatic carbocycles. The Morgan fingerprint density at radius 3 is 2.35 bits per heavy atom. The molecule has 0 radical (unpaired) electrons. The van der Waals surface area contributed by atoms with Gasteiger partial charge in [-0.2, -0.15) is 26.3 Å². The summed E-state index contributed by atoms with van der Waals surface area (Å²) in [6.07, 6.45) is -12.0. The maximum absolute atomic E-state index is 12.7. The van der Waals surface area contributed by atoms with Crippen LogP contribution in [0, 0.1) is 5.92 Å². The molecule has 5 nitrogen and oxygen atoms in total. The highest BCUT2D eigenvalue weighted by Gasteiger charge is 2.60. The third kappa shape index (κ3) is 5.98. The summed E-state index contributed by atoms with van der Waals surface area (Å²) in [6, 6.07) is 5.50. The highest BCUT2D eigenvalue weighted by Crippen LogP contribution is 2.43. The molecule has 0 bridgehead atoms. The second kappa shape index (κ2) is 10.2. The van der Waals surface area contributed by atoms with Crippen molar-refractivity contribution in [3.63, 3.8) is 0 Å². The van der Waals surface area contributed by atoms with Crippen LogP contribution in [0.4, 0.5) is 31.1 Å². The van der Waals surface area contributed by atoms with Gasteiger partial charge in [-0.15, -0.1) is 0 Å².